The molecule has 0 amide bonds. The zero-order valence-corrected chi connectivity index (χ0v) is 8.51. The van der Waals surface area contributed by atoms with Crippen molar-refractivity contribution in [2.24, 2.45) is 0 Å². The van der Waals surface area contributed by atoms with E-state index in [1.54, 1.807) is 9.99 Å². The molecule has 1 aliphatic heterocycles. The summed E-state index contributed by atoms with van der Waals surface area (Å²) >= 11 is 3.33. The van der Waals surface area contributed by atoms with Crippen LogP contribution < -0.4 is 3.93 Å². The van der Waals surface area contributed by atoms with Crippen LogP contribution in [0.4, 0.5) is 10.1 Å². The lowest BCUT2D eigenvalue weighted by molar-refractivity contribution is 0.591. The molecule has 1 aromatic carbocycles. The maximum Gasteiger partial charge on any atom is 0.129 e. The lowest BCUT2D eigenvalue weighted by Gasteiger charge is -2.07. The van der Waals surface area contributed by atoms with Gasteiger partial charge in [0.15, 0.2) is 0 Å². The van der Waals surface area contributed by atoms with E-state index in [9.17, 15) is 4.39 Å². The van der Waals surface area contributed by atoms with Gasteiger partial charge in [-0.3, -0.25) is 0 Å². The Morgan fingerprint density at radius 2 is 2.31 bits per heavy atom. The summed E-state index contributed by atoms with van der Waals surface area (Å²) in [5.74, 6) is -0.167. The second-order valence-corrected chi connectivity index (χ2v) is 4.49. The fourth-order valence-electron chi connectivity index (χ4n) is 2.05. The standard InChI is InChI=1S/C10H9BrFN/c11-13-6-10(4-5-10)9-7(12)2-1-3-8(9)13/h1-3H,4-6H2/i6D. The van der Waals surface area contributed by atoms with Crippen molar-refractivity contribution in [3.05, 3.63) is 29.6 Å². The summed E-state index contributed by atoms with van der Waals surface area (Å²) in [7, 11) is 0. The third-order valence-corrected chi connectivity index (χ3v) is 3.46. The Morgan fingerprint density at radius 1 is 1.54 bits per heavy atom. The summed E-state index contributed by atoms with van der Waals surface area (Å²) in [4.78, 5) is 0. The van der Waals surface area contributed by atoms with E-state index in [0.717, 1.165) is 24.1 Å². The van der Waals surface area contributed by atoms with E-state index in [1.807, 2.05) is 6.07 Å². The molecule has 0 radical (unpaired) electrons. The Morgan fingerprint density at radius 3 is 3.00 bits per heavy atom. The maximum absolute atomic E-state index is 13.6. The number of nitrogens with zero attached hydrogens (tertiary/aromatic N) is 1. The highest BCUT2D eigenvalue weighted by molar-refractivity contribution is 9.10. The molecule has 13 heavy (non-hydrogen) atoms. The van der Waals surface area contributed by atoms with Crippen molar-refractivity contribution in [1.82, 2.24) is 0 Å². The Labute approximate surface area is 86.3 Å². The summed E-state index contributed by atoms with van der Waals surface area (Å²) in [5.41, 5.74) is 1.32. The zero-order valence-electron chi connectivity index (χ0n) is 7.93. The fourth-order valence-corrected chi connectivity index (χ4v) is 2.74. The molecule has 1 heterocycles. The molecule has 0 N–H and O–H groups in total. The highest BCUT2D eigenvalue weighted by atomic mass is 79.9. The van der Waals surface area contributed by atoms with Gasteiger partial charge in [-0.25, -0.2) is 4.39 Å². The molecular weight excluding hydrogens is 233 g/mol. The molecule has 2 aliphatic rings. The molecule has 0 bridgehead atoms. The summed E-state index contributed by atoms with van der Waals surface area (Å²) in [6.07, 6.45) is 1.86. The first kappa shape index (κ1) is 6.82. The average molecular weight is 243 g/mol. The summed E-state index contributed by atoms with van der Waals surface area (Å²) in [5, 5.41) is 0. The lowest BCUT2D eigenvalue weighted by Crippen LogP contribution is -2.13. The van der Waals surface area contributed by atoms with Crippen molar-refractivity contribution in [3.8, 4) is 0 Å². The highest BCUT2D eigenvalue weighted by Crippen LogP contribution is 2.57. The van der Waals surface area contributed by atoms with Crippen LogP contribution in [0.15, 0.2) is 18.2 Å². The van der Waals surface area contributed by atoms with Crippen molar-refractivity contribution < 1.29 is 5.76 Å². The molecule has 1 saturated carbocycles. The first-order chi connectivity index (χ1) is 6.67. The molecule has 0 aromatic heterocycles. The van der Waals surface area contributed by atoms with Crippen LogP contribution in [0.2, 0.25) is 0 Å². The summed E-state index contributed by atoms with van der Waals surface area (Å²) in [6.45, 7) is -0.380. The average Bonchev–Trinajstić information content (AvgIpc) is 2.92. The maximum atomic E-state index is 13.6. The van der Waals surface area contributed by atoms with Crippen LogP contribution in [-0.2, 0) is 5.41 Å². The molecule has 1 fully saturated rings. The van der Waals surface area contributed by atoms with E-state index in [1.165, 1.54) is 6.07 Å². The first-order valence-corrected chi connectivity index (χ1v) is 5.04. The number of rotatable bonds is 0. The molecule has 3 heteroatoms. The van der Waals surface area contributed by atoms with Gasteiger partial charge in [-0.05, 0) is 25.0 Å². The molecular formula is C10H9BrFN. The van der Waals surface area contributed by atoms with Gasteiger partial charge in [-0.2, -0.15) is 0 Å². The number of fused-ring (bicyclic) bond motifs is 2. The van der Waals surface area contributed by atoms with Crippen LogP contribution in [0.25, 0.3) is 0 Å². The number of anilines is 1. The van der Waals surface area contributed by atoms with Crippen LogP contribution in [0.5, 0.6) is 0 Å². The van der Waals surface area contributed by atoms with Gasteiger partial charge in [0.2, 0.25) is 0 Å². The Bertz CT molecular complexity index is 405. The summed E-state index contributed by atoms with van der Waals surface area (Å²) < 4.78 is 23.3. The second kappa shape index (κ2) is 2.27. The molecule has 0 saturated heterocycles. The van der Waals surface area contributed by atoms with Crippen LogP contribution in [-0.4, -0.2) is 6.52 Å². The van der Waals surface area contributed by atoms with E-state index in [0.29, 0.717) is 0 Å². The Hall–Kier alpha value is -0.570. The highest BCUT2D eigenvalue weighted by Gasteiger charge is 2.52. The van der Waals surface area contributed by atoms with E-state index < -0.39 is 0 Å². The predicted octanol–water partition coefficient (Wildman–Crippen LogP) is 2.99. The molecule has 3 rings (SSSR count). The largest absolute Gasteiger partial charge is 0.308 e. The first-order valence-electron chi connectivity index (χ1n) is 4.91. The minimum Gasteiger partial charge on any atom is -0.308 e. The molecule has 68 valence electrons. The zero-order chi connectivity index (χ0) is 9.92. The Kier molecular flexibility index (Phi) is 1.19. The van der Waals surface area contributed by atoms with Gasteiger partial charge in [0.25, 0.3) is 0 Å². The van der Waals surface area contributed by atoms with E-state index >= 15 is 0 Å². The van der Waals surface area contributed by atoms with Crippen molar-refractivity contribution >= 4 is 21.8 Å². The van der Waals surface area contributed by atoms with Crippen LogP contribution in [0.1, 0.15) is 19.8 Å². The van der Waals surface area contributed by atoms with Crippen molar-refractivity contribution in [2.45, 2.75) is 18.3 Å². The molecule has 1 aromatic rings. The van der Waals surface area contributed by atoms with Gasteiger partial charge in [-0.15, -0.1) is 0 Å². The number of benzene rings is 1. The molecule has 1 unspecified atom stereocenters. The normalized spacial score (nSPS) is 28.9. The Balaban J connectivity index is 2.27. The molecule has 1 atom stereocenters. The van der Waals surface area contributed by atoms with E-state index in [-0.39, 0.29) is 17.8 Å². The van der Waals surface area contributed by atoms with Crippen LogP contribution in [0.3, 0.4) is 0 Å². The topological polar surface area (TPSA) is 3.24 Å². The number of halogens is 2. The van der Waals surface area contributed by atoms with E-state index in [4.69, 9.17) is 1.37 Å². The van der Waals surface area contributed by atoms with Crippen molar-refractivity contribution in [2.75, 3.05) is 10.4 Å². The molecule has 1 aliphatic carbocycles. The quantitative estimate of drug-likeness (QED) is 0.633. The fraction of sp³-hybridized carbons (Fsp3) is 0.400. The van der Waals surface area contributed by atoms with Gasteiger partial charge < -0.3 is 3.93 Å². The van der Waals surface area contributed by atoms with Gasteiger partial charge in [-0.1, -0.05) is 6.07 Å². The number of hydrogen-bond donors (Lipinski definition) is 0. The number of hydrogen-bond acceptors (Lipinski definition) is 1. The minimum absolute atomic E-state index is 0.167. The van der Waals surface area contributed by atoms with Gasteiger partial charge in [0, 0.05) is 33.6 Å². The van der Waals surface area contributed by atoms with E-state index in [2.05, 4.69) is 16.1 Å². The summed E-state index contributed by atoms with van der Waals surface area (Å²) in [6, 6.07) is 5.04. The second-order valence-electron chi connectivity index (χ2n) is 3.73. The minimum atomic E-state index is -0.380. The van der Waals surface area contributed by atoms with Gasteiger partial charge in [0.1, 0.15) is 5.82 Å². The molecule has 1 spiro atoms. The third kappa shape index (κ3) is 0.909. The van der Waals surface area contributed by atoms with Crippen molar-refractivity contribution in [1.29, 1.82) is 0 Å². The predicted molar refractivity (Wildman–Crippen MR) is 53.6 cm³/mol. The van der Waals surface area contributed by atoms with Gasteiger partial charge in [0.05, 0.1) is 7.06 Å². The van der Waals surface area contributed by atoms with Crippen molar-refractivity contribution in [3.63, 3.8) is 0 Å². The molecule has 1 nitrogen and oxygen atoms in total. The van der Waals surface area contributed by atoms with Crippen LogP contribution >= 0.6 is 16.1 Å². The van der Waals surface area contributed by atoms with Crippen LogP contribution in [0, 0.1) is 5.82 Å². The lowest BCUT2D eigenvalue weighted by atomic mass is 9.98. The SMILES string of the molecule is [2H]C1N(Br)c2cccc(F)c2C12CC2. The monoisotopic (exact) mass is 242 g/mol. The smallest absolute Gasteiger partial charge is 0.129 e. The third-order valence-electron chi connectivity index (χ3n) is 2.87. The van der Waals surface area contributed by atoms with Gasteiger partial charge >= 0.3 is 0 Å².